The summed E-state index contributed by atoms with van der Waals surface area (Å²) in [4.78, 5) is 26.7. The van der Waals surface area contributed by atoms with Gasteiger partial charge in [0.1, 0.15) is 6.04 Å². The fraction of sp³-hybridized carbons (Fsp3) is 0.400. The van der Waals surface area contributed by atoms with Crippen LogP contribution in [0.25, 0.3) is 0 Å². The number of carboxylic acids is 1. The fourth-order valence-electron chi connectivity index (χ4n) is 2.53. The van der Waals surface area contributed by atoms with E-state index in [1.807, 2.05) is 12.1 Å². The first-order chi connectivity index (χ1) is 9.95. The van der Waals surface area contributed by atoms with Crippen LogP contribution in [0.3, 0.4) is 0 Å². The lowest BCUT2D eigenvalue weighted by atomic mass is 10.1. The van der Waals surface area contributed by atoms with E-state index in [2.05, 4.69) is 6.07 Å². The van der Waals surface area contributed by atoms with Gasteiger partial charge in [0.15, 0.2) is 0 Å². The minimum atomic E-state index is -1.03. The molecule has 2 unspecified atom stereocenters. The van der Waals surface area contributed by atoms with Crippen LogP contribution in [0.1, 0.15) is 12.5 Å². The fourth-order valence-corrected chi connectivity index (χ4v) is 2.53. The summed E-state index contributed by atoms with van der Waals surface area (Å²) in [6, 6.07) is 7.96. The van der Waals surface area contributed by atoms with Gasteiger partial charge in [-0.25, -0.2) is 9.59 Å². The lowest BCUT2D eigenvalue weighted by Gasteiger charge is -2.28. The van der Waals surface area contributed by atoms with E-state index in [0.717, 1.165) is 5.56 Å². The van der Waals surface area contributed by atoms with Gasteiger partial charge >= 0.3 is 12.0 Å². The Labute approximate surface area is 123 Å². The van der Waals surface area contributed by atoms with Crippen molar-refractivity contribution in [2.45, 2.75) is 19.4 Å². The van der Waals surface area contributed by atoms with Crippen molar-refractivity contribution in [1.82, 2.24) is 4.90 Å². The molecule has 2 rings (SSSR count). The number of aliphatic carboxylic acids is 1. The van der Waals surface area contributed by atoms with Crippen molar-refractivity contribution in [2.75, 3.05) is 18.5 Å². The number of hydrogen-bond donors (Lipinski definition) is 1. The lowest BCUT2D eigenvalue weighted by Crippen LogP contribution is -2.49. The smallest absolute Gasteiger partial charge is 0.327 e. The van der Waals surface area contributed by atoms with Gasteiger partial charge in [-0.1, -0.05) is 18.2 Å². The Kier molecular flexibility index (Phi) is 4.13. The van der Waals surface area contributed by atoms with Crippen molar-refractivity contribution < 1.29 is 14.7 Å². The summed E-state index contributed by atoms with van der Waals surface area (Å²) in [7, 11) is 1.58. The van der Waals surface area contributed by atoms with Crippen molar-refractivity contribution in [3.63, 3.8) is 0 Å². The Balaban J connectivity index is 2.28. The predicted octanol–water partition coefficient (Wildman–Crippen LogP) is 1.71. The molecule has 2 atom stereocenters. The summed E-state index contributed by atoms with van der Waals surface area (Å²) in [6.45, 7) is 1.98. The second-order valence-electron chi connectivity index (χ2n) is 5.25. The highest BCUT2D eigenvalue weighted by Crippen LogP contribution is 2.32. The average Bonchev–Trinajstić information content (AvgIpc) is 2.85. The molecule has 0 saturated heterocycles. The first-order valence-corrected chi connectivity index (χ1v) is 6.70. The van der Waals surface area contributed by atoms with E-state index >= 15 is 0 Å². The second-order valence-corrected chi connectivity index (χ2v) is 5.25. The highest BCUT2D eigenvalue weighted by atomic mass is 16.4. The molecule has 1 N–H and O–H groups in total. The summed E-state index contributed by atoms with van der Waals surface area (Å²) in [5, 5.41) is 18.2. The monoisotopic (exact) mass is 287 g/mol. The molecule has 110 valence electrons. The third-order valence-corrected chi connectivity index (χ3v) is 3.56. The zero-order chi connectivity index (χ0) is 15.6. The van der Waals surface area contributed by atoms with Crippen molar-refractivity contribution in [2.24, 2.45) is 5.92 Å². The van der Waals surface area contributed by atoms with E-state index in [0.29, 0.717) is 12.1 Å². The second kappa shape index (κ2) is 5.83. The van der Waals surface area contributed by atoms with E-state index in [1.54, 1.807) is 26.1 Å². The predicted molar refractivity (Wildman–Crippen MR) is 76.9 cm³/mol. The molecule has 0 aliphatic carbocycles. The van der Waals surface area contributed by atoms with Crippen molar-refractivity contribution in [3.8, 4) is 6.07 Å². The number of benzene rings is 1. The van der Waals surface area contributed by atoms with E-state index in [4.69, 9.17) is 5.26 Å². The molecule has 2 amide bonds. The van der Waals surface area contributed by atoms with Crippen LogP contribution in [0.5, 0.6) is 0 Å². The summed E-state index contributed by atoms with van der Waals surface area (Å²) in [5.41, 5.74) is 1.48. The first-order valence-electron chi connectivity index (χ1n) is 6.70. The Hall–Kier alpha value is -2.55. The highest BCUT2D eigenvalue weighted by Gasteiger charge is 2.39. The van der Waals surface area contributed by atoms with Gasteiger partial charge in [0, 0.05) is 25.7 Å². The number of amides is 2. The number of nitrogens with zero attached hydrogens (tertiary/aromatic N) is 3. The minimum Gasteiger partial charge on any atom is -0.480 e. The zero-order valence-corrected chi connectivity index (χ0v) is 12.0. The van der Waals surface area contributed by atoms with E-state index in [9.17, 15) is 14.7 Å². The minimum absolute atomic E-state index is 0.264. The van der Waals surface area contributed by atoms with E-state index in [1.165, 1.54) is 9.80 Å². The number of rotatable bonds is 3. The Morgan fingerprint density at radius 1 is 1.52 bits per heavy atom. The summed E-state index contributed by atoms with van der Waals surface area (Å²) in [6.07, 6.45) is 0.304. The average molecular weight is 287 g/mol. The quantitative estimate of drug-likeness (QED) is 0.917. The third kappa shape index (κ3) is 2.82. The number of carbonyl (C=O) groups is 2. The maximum atomic E-state index is 12.6. The van der Waals surface area contributed by atoms with Crippen LogP contribution in [0.15, 0.2) is 24.3 Å². The molecule has 0 radical (unpaired) electrons. The van der Waals surface area contributed by atoms with Crippen LogP contribution >= 0.6 is 0 Å². The lowest BCUT2D eigenvalue weighted by molar-refractivity contribution is -0.138. The molecular weight excluding hydrogens is 270 g/mol. The van der Waals surface area contributed by atoms with Crippen LogP contribution < -0.4 is 4.90 Å². The molecule has 6 nitrogen and oxygen atoms in total. The van der Waals surface area contributed by atoms with Crippen LogP contribution in [0.4, 0.5) is 10.5 Å². The molecular formula is C15H17N3O3. The molecule has 0 aromatic heterocycles. The maximum Gasteiger partial charge on any atom is 0.327 e. The number of urea groups is 1. The maximum absolute atomic E-state index is 12.6. The van der Waals surface area contributed by atoms with Gasteiger partial charge in [-0.2, -0.15) is 5.26 Å². The normalized spacial score (nSPS) is 17.8. The first kappa shape index (κ1) is 14.9. The van der Waals surface area contributed by atoms with E-state index in [-0.39, 0.29) is 12.5 Å². The molecule has 0 bridgehead atoms. The third-order valence-electron chi connectivity index (χ3n) is 3.56. The molecule has 0 spiro atoms. The molecule has 0 fully saturated rings. The number of hydrogen-bond acceptors (Lipinski definition) is 3. The number of nitriles is 1. The van der Waals surface area contributed by atoms with Gasteiger partial charge in [-0.15, -0.1) is 0 Å². The largest absolute Gasteiger partial charge is 0.480 e. The van der Waals surface area contributed by atoms with Crippen LogP contribution in [0.2, 0.25) is 0 Å². The number of fused-ring (bicyclic) bond motifs is 1. The molecule has 1 aromatic carbocycles. The molecule has 1 aliphatic heterocycles. The molecule has 21 heavy (non-hydrogen) atoms. The van der Waals surface area contributed by atoms with Crippen LogP contribution in [-0.4, -0.2) is 41.6 Å². The molecule has 1 heterocycles. The number of para-hydroxylation sites is 1. The standard InChI is InChI=1S/C15H17N3O3/c1-10(8-16)9-17(2)15(21)18-12-6-4-3-5-11(12)7-13(18)14(19)20/h3-6,10,13H,7,9H2,1-2H3,(H,19,20). The van der Waals surface area contributed by atoms with Gasteiger partial charge < -0.3 is 10.0 Å². The number of carbonyl (C=O) groups excluding carboxylic acids is 1. The Morgan fingerprint density at radius 3 is 2.81 bits per heavy atom. The van der Waals surface area contributed by atoms with Gasteiger partial charge in [0.05, 0.1) is 12.0 Å². The molecule has 1 aromatic rings. The van der Waals surface area contributed by atoms with Crippen molar-refractivity contribution in [3.05, 3.63) is 29.8 Å². The SMILES string of the molecule is CC(C#N)CN(C)C(=O)N1c2ccccc2CC1C(=O)O. The summed E-state index contributed by atoms with van der Waals surface area (Å²) < 4.78 is 0. The van der Waals surface area contributed by atoms with Gasteiger partial charge in [-0.05, 0) is 18.6 Å². The van der Waals surface area contributed by atoms with Gasteiger partial charge in [0.25, 0.3) is 0 Å². The summed E-state index contributed by atoms with van der Waals surface area (Å²) in [5.74, 6) is -1.33. The Morgan fingerprint density at radius 2 is 2.19 bits per heavy atom. The van der Waals surface area contributed by atoms with Crippen molar-refractivity contribution >= 4 is 17.7 Å². The van der Waals surface area contributed by atoms with Crippen LogP contribution in [0, 0.1) is 17.2 Å². The molecule has 1 aliphatic rings. The molecule has 6 heteroatoms. The van der Waals surface area contributed by atoms with Crippen molar-refractivity contribution in [1.29, 1.82) is 5.26 Å². The number of anilines is 1. The molecule has 0 saturated carbocycles. The Bertz CT molecular complexity index is 608. The van der Waals surface area contributed by atoms with Crippen LogP contribution in [-0.2, 0) is 11.2 Å². The van der Waals surface area contributed by atoms with Gasteiger partial charge in [-0.3, -0.25) is 4.90 Å². The topological polar surface area (TPSA) is 84.6 Å². The summed E-state index contributed by atoms with van der Waals surface area (Å²) >= 11 is 0. The van der Waals surface area contributed by atoms with E-state index < -0.39 is 18.0 Å². The highest BCUT2D eigenvalue weighted by molar-refractivity contribution is 6.00. The van der Waals surface area contributed by atoms with Gasteiger partial charge in [0.2, 0.25) is 0 Å². The zero-order valence-electron chi connectivity index (χ0n) is 12.0. The number of carboxylic acid groups (broad SMARTS) is 1.